The van der Waals surface area contributed by atoms with Crippen LogP contribution in [0.1, 0.15) is 13.3 Å². The van der Waals surface area contributed by atoms with E-state index in [-0.39, 0.29) is 5.75 Å². The first-order valence-corrected chi connectivity index (χ1v) is 9.13. The van der Waals surface area contributed by atoms with Crippen molar-refractivity contribution >= 4 is 54.2 Å². The van der Waals surface area contributed by atoms with Gasteiger partial charge < -0.3 is 5.32 Å². The lowest BCUT2D eigenvalue weighted by Crippen LogP contribution is -2.27. The fraction of sp³-hybridized carbons (Fsp3) is 0.455. The van der Waals surface area contributed by atoms with Crippen LogP contribution in [0.15, 0.2) is 22.7 Å². The van der Waals surface area contributed by atoms with Gasteiger partial charge in [-0.05, 0) is 69.7 Å². The third-order valence-corrected chi connectivity index (χ3v) is 4.77. The van der Waals surface area contributed by atoms with Crippen LogP contribution in [0.3, 0.4) is 0 Å². The SMILES string of the molecule is CCCNCCS(=O)(=O)Nc1ccc(I)cc1Br. The quantitative estimate of drug-likeness (QED) is 0.500. The number of rotatable bonds is 7. The maximum Gasteiger partial charge on any atom is 0.234 e. The highest BCUT2D eigenvalue weighted by molar-refractivity contribution is 14.1. The minimum atomic E-state index is -3.30. The number of sulfonamides is 1. The Hall–Kier alpha value is 0.140. The van der Waals surface area contributed by atoms with E-state index in [0.29, 0.717) is 12.2 Å². The molecule has 0 saturated carbocycles. The standard InChI is InChI=1S/C11H16BrIN2O2S/c1-2-5-14-6-7-18(16,17)15-11-4-3-9(13)8-10(11)12/h3-4,8,14-15H,2,5-7H2,1H3. The van der Waals surface area contributed by atoms with Gasteiger partial charge in [0.15, 0.2) is 0 Å². The van der Waals surface area contributed by atoms with Gasteiger partial charge in [-0.15, -0.1) is 0 Å². The summed E-state index contributed by atoms with van der Waals surface area (Å²) in [4.78, 5) is 0. The normalized spacial score (nSPS) is 11.5. The van der Waals surface area contributed by atoms with Gasteiger partial charge in [-0.3, -0.25) is 4.72 Å². The number of hydrogen-bond acceptors (Lipinski definition) is 3. The summed E-state index contributed by atoms with van der Waals surface area (Å²) in [5, 5.41) is 3.07. The van der Waals surface area contributed by atoms with Gasteiger partial charge in [-0.2, -0.15) is 0 Å². The van der Waals surface area contributed by atoms with E-state index < -0.39 is 10.0 Å². The van der Waals surface area contributed by atoms with E-state index >= 15 is 0 Å². The third kappa shape index (κ3) is 5.85. The van der Waals surface area contributed by atoms with Crippen LogP contribution in [-0.2, 0) is 10.0 Å². The molecule has 0 bridgehead atoms. The largest absolute Gasteiger partial charge is 0.316 e. The Bertz CT molecular complexity index is 494. The number of anilines is 1. The lowest BCUT2D eigenvalue weighted by molar-refractivity contribution is 0.595. The molecule has 0 heterocycles. The molecule has 0 fully saturated rings. The van der Waals surface area contributed by atoms with Gasteiger partial charge in [0.25, 0.3) is 0 Å². The van der Waals surface area contributed by atoms with Gasteiger partial charge >= 0.3 is 0 Å². The molecule has 1 aromatic carbocycles. The molecule has 4 nitrogen and oxygen atoms in total. The van der Waals surface area contributed by atoms with Crippen LogP contribution in [0.25, 0.3) is 0 Å². The van der Waals surface area contributed by atoms with Gasteiger partial charge in [0.1, 0.15) is 0 Å². The molecule has 0 aromatic heterocycles. The molecular weight excluding hydrogens is 431 g/mol. The molecule has 0 aliphatic carbocycles. The van der Waals surface area contributed by atoms with E-state index in [2.05, 4.69) is 48.6 Å². The van der Waals surface area contributed by atoms with E-state index in [1.54, 1.807) is 6.07 Å². The Kier molecular flexibility index (Phi) is 6.89. The second-order valence-corrected chi connectivity index (χ2v) is 7.74. The van der Waals surface area contributed by atoms with Gasteiger partial charge in [0.05, 0.1) is 11.4 Å². The highest BCUT2D eigenvalue weighted by atomic mass is 127. The third-order valence-electron chi connectivity index (χ3n) is 2.17. The number of hydrogen-bond donors (Lipinski definition) is 2. The monoisotopic (exact) mass is 446 g/mol. The summed E-state index contributed by atoms with van der Waals surface area (Å²) in [6.45, 7) is 3.34. The van der Waals surface area contributed by atoms with Crippen molar-refractivity contribution < 1.29 is 8.42 Å². The first-order valence-electron chi connectivity index (χ1n) is 5.61. The fourth-order valence-corrected chi connectivity index (χ4v) is 3.86. The van der Waals surface area contributed by atoms with Crippen molar-refractivity contribution in [1.82, 2.24) is 5.32 Å². The maximum atomic E-state index is 11.8. The average molecular weight is 447 g/mol. The zero-order valence-corrected chi connectivity index (χ0v) is 14.6. The molecular formula is C11H16BrIN2O2S. The van der Waals surface area contributed by atoms with Crippen molar-refractivity contribution in [2.45, 2.75) is 13.3 Å². The Morgan fingerprint density at radius 2 is 2.06 bits per heavy atom. The smallest absolute Gasteiger partial charge is 0.234 e. The van der Waals surface area contributed by atoms with Crippen LogP contribution in [0.4, 0.5) is 5.69 Å². The molecule has 1 aromatic rings. The topological polar surface area (TPSA) is 58.2 Å². The van der Waals surface area contributed by atoms with E-state index in [1.165, 1.54) is 0 Å². The Labute approximate surface area is 130 Å². The lowest BCUT2D eigenvalue weighted by atomic mass is 10.3. The molecule has 0 saturated heterocycles. The summed E-state index contributed by atoms with van der Waals surface area (Å²) in [5.74, 6) is 0.0748. The molecule has 0 amide bonds. The molecule has 0 aliphatic heterocycles. The molecule has 102 valence electrons. The number of benzene rings is 1. The minimum Gasteiger partial charge on any atom is -0.316 e. The second-order valence-electron chi connectivity index (χ2n) is 3.80. The maximum absolute atomic E-state index is 11.8. The van der Waals surface area contributed by atoms with Crippen LogP contribution in [-0.4, -0.2) is 27.3 Å². The molecule has 2 N–H and O–H groups in total. The second kappa shape index (κ2) is 7.66. The fourth-order valence-electron chi connectivity index (χ4n) is 1.30. The molecule has 1 rings (SSSR count). The first kappa shape index (κ1) is 16.2. The van der Waals surface area contributed by atoms with Crippen molar-refractivity contribution in [2.24, 2.45) is 0 Å². The van der Waals surface area contributed by atoms with Crippen molar-refractivity contribution in [1.29, 1.82) is 0 Å². The van der Waals surface area contributed by atoms with Crippen molar-refractivity contribution in [2.75, 3.05) is 23.6 Å². The van der Waals surface area contributed by atoms with Crippen molar-refractivity contribution in [3.8, 4) is 0 Å². The molecule has 0 radical (unpaired) electrons. The Morgan fingerprint density at radius 1 is 1.33 bits per heavy atom. The van der Waals surface area contributed by atoms with Gasteiger partial charge in [0, 0.05) is 14.6 Å². The molecule has 7 heteroatoms. The van der Waals surface area contributed by atoms with Crippen LogP contribution < -0.4 is 10.0 Å². The number of nitrogens with one attached hydrogen (secondary N) is 2. The average Bonchev–Trinajstić information content (AvgIpc) is 2.28. The Morgan fingerprint density at radius 3 is 2.67 bits per heavy atom. The van der Waals surface area contributed by atoms with Crippen molar-refractivity contribution in [3.05, 3.63) is 26.2 Å². The first-order chi connectivity index (χ1) is 8.44. The highest BCUT2D eigenvalue weighted by Crippen LogP contribution is 2.25. The zero-order chi connectivity index (χ0) is 13.6. The van der Waals surface area contributed by atoms with Gasteiger partial charge in [-0.25, -0.2) is 8.42 Å². The molecule has 0 aliphatic rings. The van der Waals surface area contributed by atoms with E-state index in [0.717, 1.165) is 21.0 Å². The van der Waals surface area contributed by atoms with E-state index in [1.807, 2.05) is 19.1 Å². The summed E-state index contributed by atoms with van der Waals surface area (Å²) in [6, 6.07) is 5.48. The zero-order valence-electron chi connectivity index (χ0n) is 10.0. The van der Waals surface area contributed by atoms with Crippen LogP contribution in [0.5, 0.6) is 0 Å². The Balaban J connectivity index is 2.59. The summed E-state index contributed by atoms with van der Waals surface area (Å²) in [5.41, 5.74) is 0.575. The summed E-state index contributed by atoms with van der Waals surface area (Å²) in [6.07, 6.45) is 0.996. The predicted molar refractivity (Wildman–Crippen MR) is 87.4 cm³/mol. The van der Waals surface area contributed by atoms with Gasteiger partial charge in [0.2, 0.25) is 10.0 Å². The van der Waals surface area contributed by atoms with Gasteiger partial charge in [-0.1, -0.05) is 6.92 Å². The van der Waals surface area contributed by atoms with E-state index in [4.69, 9.17) is 0 Å². The summed E-state index contributed by atoms with van der Waals surface area (Å²) < 4.78 is 28.0. The molecule has 0 unspecified atom stereocenters. The van der Waals surface area contributed by atoms with Crippen LogP contribution in [0.2, 0.25) is 0 Å². The minimum absolute atomic E-state index is 0.0748. The number of halogens is 2. The van der Waals surface area contributed by atoms with E-state index in [9.17, 15) is 8.42 Å². The predicted octanol–water partition coefficient (Wildman–Crippen LogP) is 2.80. The van der Waals surface area contributed by atoms with Crippen LogP contribution >= 0.6 is 38.5 Å². The lowest BCUT2D eigenvalue weighted by Gasteiger charge is -2.10. The molecule has 0 atom stereocenters. The van der Waals surface area contributed by atoms with Crippen molar-refractivity contribution in [3.63, 3.8) is 0 Å². The molecule has 18 heavy (non-hydrogen) atoms. The molecule has 0 spiro atoms. The highest BCUT2D eigenvalue weighted by Gasteiger charge is 2.11. The van der Waals surface area contributed by atoms with Crippen LogP contribution in [0, 0.1) is 3.57 Å². The summed E-state index contributed by atoms with van der Waals surface area (Å²) >= 11 is 5.52. The summed E-state index contributed by atoms with van der Waals surface area (Å²) in [7, 11) is -3.30.